The Morgan fingerprint density at radius 3 is 1.65 bits per heavy atom. The molecule has 0 saturated heterocycles. The summed E-state index contributed by atoms with van der Waals surface area (Å²) in [5.41, 5.74) is -0.947. The van der Waals surface area contributed by atoms with Crippen LogP contribution in [0.15, 0.2) is 30.3 Å². The van der Waals surface area contributed by atoms with Gasteiger partial charge in [0.25, 0.3) is 0 Å². The summed E-state index contributed by atoms with van der Waals surface area (Å²) in [6.07, 6.45) is 0. The first-order chi connectivity index (χ1) is 11.9. The molecule has 0 fully saturated rings. The van der Waals surface area contributed by atoms with Crippen molar-refractivity contribution in [3.8, 4) is 0 Å². The van der Waals surface area contributed by atoms with Gasteiger partial charge in [0.15, 0.2) is 0 Å². The van der Waals surface area contributed by atoms with E-state index < -0.39 is 35.9 Å². The average Bonchev–Trinajstić information content (AvgIpc) is 2.57. The minimum atomic E-state index is -5.69. The van der Waals surface area contributed by atoms with Gasteiger partial charge in [-0.1, -0.05) is 0 Å². The van der Waals surface area contributed by atoms with Gasteiger partial charge in [-0.3, -0.25) is 0 Å². The fourth-order valence-corrected chi connectivity index (χ4v) is 10.1. The van der Waals surface area contributed by atoms with E-state index in [1.807, 2.05) is 20.8 Å². The maximum absolute atomic E-state index is 13.0. The molecule has 0 aliphatic rings. The topological polar surface area (TPSA) is 43.4 Å². The van der Waals surface area contributed by atoms with E-state index in [9.17, 15) is 21.6 Å². The predicted molar refractivity (Wildman–Crippen MR) is 104 cm³/mol. The van der Waals surface area contributed by atoms with Crippen molar-refractivity contribution >= 4 is 30.4 Å². The summed E-state index contributed by atoms with van der Waals surface area (Å²) >= 11 is -3.36. The quantitative estimate of drug-likeness (QED) is 0.408. The summed E-state index contributed by atoms with van der Waals surface area (Å²) in [4.78, 5) is 0. The third-order valence-corrected chi connectivity index (χ3v) is 12.2. The zero-order valence-corrected chi connectivity index (χ0v) is 18.0. The number of halogens is 4. The molecular weight excluding hydrogens is 480 g/mol. The second kappa shape index (κ2) is 7.47. The van der Waals surface area contributed by atoms with Crippen molar-refractivity contribution in [3.05, 3.63) is 65.3 Å². The van der Waals surface area contributed by atoms with Crippen molar-refractivity contribution in [2.45, 2.75) is 40.1 Å². The Hall–Kier alpha value is -1.13. The molecule has 0 unspecified atom stereocenters. The molecule has 26 heavy (non-hydrogen) atoms. The molecule has 8 heteroatoms. The molecular formula is C18H20F3IO3S. The second-order valence-electron chi connectivity index (χ2n) is 5.95. The molecule has 0 aliphatic heterocycles. The number of hydrogen-bond acceptors (Lipinski definition) is 3. The van der Waals surface area contributed by atoms with Crippen LogP contribution in [-0.4, -0.2) is 13.9 Å². The van der Waals surface area contributed by atoms with Gasteiger partial charge in [-0.15, -0.1) is 0 Å². The first kappa shape index (κ1) is 21.2. The predicted octanol–water partition coefficient (Wildman–Crippen LogP) is 5.56. The summed E-state index contributed by atoms with van der Waals surface area (Å²) in [5.74, 6) is 0. The van der Waals surface area contributed by atoms with E-state index in [0.29, 0.717) is 7.14 Å². The van der Waals surface area contributed by atoms with Gasteiger partial charge in [0.05, 0.1) is 0 Å². The molecule has 0 amide bonds. The van der Waals surface area contributed by atoms with E-state index in [1.54, 1.807) is 44.2 Å². The van der Waals surface area contributed by atoms with Crippen LogP contribution < -0.4 is 0 Å². The first-order valence-corrected chi connectivity index (χ1v) is 12.2. The number of hydrogen-bond donors (Lipinski definition) is 0. The second-order valence-corrected chi connectivity index (χ2v) is 12.3. The molecule has 144 valence electrons. The summed E-state index contributed by atoms with van der Waals surface area (Å²) < 4.78 is 68.4. The van der Waals surface area contributed by atoms with Crippen LogP contribution >= 0.6 is 20.2 Å². The molecule has 0 radical (unpaired) electrons. The van der Waals surface area contributed by atoms with Crippen molar-refractivity contribution < 1.29 is 24.1 Å². The Kier molecular flexibility index (Phi) is 6.09. The summed E-state index contributed by atoms with van der Waals surface area (Å²) in [7, 11) is -5.69. The minimum absolute atomic E-state index is 0.498. The van der Waals surface area contributed by atoms with E-state index >= 15 is 0 Å². The first-order valence-electron chi connectivity index (χ1n) is 7.71. The average molecular weight is 500 g/mol. The van der Waals surface area contributed by atoms with E-state index in [1.165, 1.54) is 0 Å². The summed E-state index contributed by atoms with van der Waals surface area (Å²) in [5, 5.41) is 0. The van der Waals surface area contributed by atoms with Crippen LogP contribution in [0.25, 0.3) is 0 Å². The Morgan fingerprint density at radius 2 is 1.23 bits per heavy atom. The van der Waals surface area contributed by atoms with Crippen molar-refractivity contribution in [2.24, 2.45) is 0 Å². The van der Waals surface area contributed by atoms with Crippen LogP contribution in [0.3, 0.4) is 0 Å². The summed E-state index contributed by atoms with van der Waals surface area (Å²) in [6.45, 7) is 9.33. The maximum atomic E-state index is 13.0. The molecule has 0 N–H and O–H groups in total. The molecule has 0 spiro atoms. The van der Waals surface area contributed by atoms with E-state index in [2.05, 4.69) is 0 Å². The fourth-order valence-electron chi connectivity index (χ4n) is 2.54. The monoisotopic (exact) mass is 500 g/mol. The van der Waals surface area contributed by atoms with Crippen molar-refractivity contribution in [1.29, 1.82) is 0 Å². The number of benzene rings is 2. The van der Waals surface area contributed by atoms with Crippen molar-refractivity contribution in [1.82, 2.24) is 0 Å². The van der Waals surface area contributed by atoms with Gasteiger partial charge in [-0.2, -0.15) is 0 Å². The molecule has 0 aliphatic carbocycles. The SMILES string of the molecule is Cc1c(C)c(C)c(I(OS(=O)(=O)C(F)(F)F)c2ccccc2)c(C)c1C. The van der Waals surface area contributed by atoms with Crippen LogP contribution in [0, 0.1) is 41.8 Å². The van der Waals surface area contributed by atoms with Crippen LogP contribution in [0.1, 0.15) is 27.8 Å². The van der Waals surface area contributed by atoms with Gasteiger partial charge < -0.3 is 0 Å². The molecule has 0 atom stereocenters. The zero-order chi connectivity index (χ0) is 19.9. The Morgan fingerprint density at radius 1 is 0.808 bits per heavy atom. The molecule has 2 aromatic rings. The van der Waals surface area contributed by atoms with Gasteiger partial charge in [0, 0.05) is 0 Å². The number of rotatable bonds is 4. The molecule has 0 bridgehead atoms. The zero-order valence-electron chi connectivity index (χ0n) is 15.0. The summed E-state index contributed by atoms with van der Waals surface area (Å²) in [6, 6.07) is 8.31. The fraction of sp³-hybridized carbons (Fsp3) is 0.333. The standard InChI is InChI=1S/C18H20F3IO3S/c1-11-12(2)14(4)17(15(5)13(11)3)22(16-9-7-6-8-10-16)25-26(23,24)18(19,20)21/h6-10H,1-5H3. The van der Waals surface area contributed by atoms with E-state index in [0.717, 1.165) is 27.8 Å². The molecule has 2 aromatic carbocycles. The van der Waals surface area contributed by atoms with E-state index in [-0.39, 0.29) is 0 Å². The van der Waals surface area contributed by atoms with Gasteiger partial charge >= 0.3 is 160 Å². The third kappa shape index (κ3) is 3.91. The molecule has 0 saturated carbocycles. The van der Waals surface area contributed by atoms with Crippen LogP contribution in [-0.2, 0) is 12.6 Å². The van der Waals surface area contributed by atoms with Gasteiger partial charge in [-0.05, 0) is 0 Å². The van der Waals surface area contributed by atoms with Crippen LogP contribution in [0.5, 0.6) is 0 Å². The van der Waals surface area contributed by atoms with Gasteiger partial charge in [0.1, 0.15) is 0 Å². The number of alkyl halides is 3. The molecule has 3 nitrogen and oxygen atoms in total. The molecule has 0 heterocycles. The molecule has 0 aromatic heterocycles. The van der Waals surface area contributed by atoms with Crippen LogP contribution in [0.2, 0.25) is 0 Å². The Balaban J connectivity index is 2.76. The van der Waals surface area contributed by atoms with Gasteiger partial charge in [-0.25, -0.2) is 0 Å². The molecule has 2 rings (SSSR count). The van der Waals surface area contributed by atoms with Crippen molar-refractivity contribution in [3.63, 3.8) is 0 Å². The normalized spacial score (nSPS) is 13.0. The Bertz CT molecular complexity index is 894. The van der Waals surface area contributed by atoms with Crippen molar-refractivity contribution in [2.75, 3.05) is 0 Å². The van der Waals surface area contributed by atoms with E-state index in [4.69, 9.17) is 2.51 Å². The van der Waals surface area contributed by atoms with Crippen LogP contribution in [0.4, 0.5) is 13.2 Å². The van der Waals surface area contributed by atoms with Gasteiger partial charge in [0.2, 0.25) is 0 Å². The third-order valence-electron chi connectivity index (χ3n) is 4.44. The Labute approximate surface area is 159 Å².